The first-order chi connectivity index (χ1) is 16.4. The van der Waals surface area contributed by atoms with E-state index in [2.05, 4.69) is 29.6 Å². The number of piperidine rings is 1. The number of likely N-dealkylation sites (tertiary alicyclic amines) is 1. The van der Waals surface area contributed by atoms with Crippen LogP contribution < -0.4 is 5.32 Å². The highest BCUT2D eigenvalue weighted by Crippen LogP contribution is 2.45. The van der Waals surface area contributed by atoms with E-state index in [0.29, 0.717) is 13.0 Å². The zero-order valence-corrected chi connectivity index (χ0v) is 19.3. The predicted octanol–water partition coefficient (Wildman–Crippen LogP) is 4.16. The number of carbonyl (C=O) groups excluding carboxylic acids is 2. The molecule has 7 nitrogen and oxygen atoms in total. The fourth-order valence-corrected chi connectivity index (χ4v) is 5.57. The van der Waals surface area contributed by atoms with Gasteiger partial charge in [0, 0.05) is 12.5 Å². The molecule has 2 unspecified atom stereocenters. The van der Waals surface area contributed by atoms with Gasteiger partial charge < -0.3 is 20.1 Å². The van der Waals surface area contributed by atoms with E-state index in [4.69, 9.17) is 4.74 Å². The van der Waals surface area contributed by atoms with Gasteiger partial charge in [0.25, 0.3) is 0 Å². The highest BCUT2D eigenvalue weighted by molar-refractivity contribution is 5.93. The van der Waals surface area contributed by atoms with E-state index in [0.717, 1.165) is 47.9 Å². The van der Waals surface area contributed by atoms with Gasteiger partial charge in [0.2, 0.25) is 5.91 Å². The van der Waals surface area contributed by atoms with Crippen LogP contribution in [0.5, 0.6) is 0 Å². The Morgan fingerprint density at radius 1 is 1.00 bits per heavy atom. The molecule has 1 saturated heterocycles. The maximum absolute atomic E-state index is 13.5. The molecule has 7 heteroatoms. The molecule has 34 heavy (non-hydrogen) atoms. The van der Waals surface area contributed by atoms with Crippen molar-refractivity contribution >= 4 is 18.0 Å². The summed E-state index contributed by atoms with van der Waals surface area (Å²) in [4.78, 5) is 39.7. The number of hydrogen-bond acceptors (Lipinski definition) is 4. The van der Waals surface area contributed by atoms with E-state index < -0.39 is 23.6 Å². The van der Waals surface area contributed by atoms with E-state index in [1.165, 1.54) is 4.90 Å². The first kappa shape index (κ1) is 22.4. The van der Waals surface area contributed by atoms with Crippen LogP contribution in [0.25, 0.3) is 11.1 Å². The lowest BCUT2D eigenvalue weighted by molar-refractivity contribution is -0.155. The Morgan fingerprint density at radius 3 is 2.21 bits per heavy atom. The van der Waals surface area contributed by atoms with Crippen molar-refractivity contribution in [1.29, 1.82) is 0 Å². The number of rotatable bonds is 6. The van der Waals surface area contributed by atoms with Crippen LogP contribution in [0.3, 0.4) is 0 Å². The minimum Gasteiger partial charge on any atom is -0.480 e. The van der Waals surface area contributed by atoms with Gasteiger partial charge >= 0.3 is 12.1 Å². The summed E-state index contributed by atoms with van der Waals surface area (Å²) in [6.45, 7) is 2.27. The number of benzene rings is 2. The van der Waals surface area contributed by atoms with Crippen molar-refractivity contribution < 1.29 is 24.2 Å². The number of nitrogens with zero attached hydrogens (tertiary/aromatic N) is 1. The standard InChI is InChI=1S/C27H30N2O5/c1-27(17-13-14-17,25(32)29-15-7-6-12-23(29)24(30)31)28-26(33)34-16-22-20-10-4-2-8-18(20)19-9-3-5-11-21(19)22/h2-5,8-11,17,22-23H,6-7,12-16H2,1H3,(H,28,33)(H,30,31). The van der Waals surface area contributed by atoms with Gasteiger partial charge in [0.1, 0.15) is 18.2 Å². The van der Waals surface area contributed by atoms with Crippen molar-refractivity contribution in [2.45, 2.75) is 56.5 Å². The Morgan fingerprint density at radius 2 is 1.62 bits per heavy atom. The van der Waals surface area contributed by atoms with E-state index in [1.807, 2.05) is 24.3 Å². The number of alkyl carbamates (subject to hydrolysis) is 1. The molecule has 178 valence electrons. The Bertz CT molecular complexity index is 1080. The van der Waals surface area contributed by atoms with Crippen LogP contribution >= 0.6 is 0 Å². The molecule has 1 heterocycles. The molecule has 5 rings (SSSR count). The van der Waals surface area contributed by atoms with Gasteiger partial charge in [0.05, 0.1) is 0 Å². The summed E-state index contributed by atoms with van der Waals surface area (Å²) < 4.78 is 5.69. The van der Waals surface area contributed by atoms with Crippen LogP contribution in [-0.4, -0.2) is 52.7 Å². The van der Waals surface area contributed by atoms with Crippen LogP contribution in [0.1, 0.15) is 56.1 Å². The number of nitrogens with one attached hydrogen (secondary N) is 1. The highest BCUT2D eigenvalue weighted by atomic mass is 16.5. The summed E-state index contributed by atoms with van der Waals surface area (Å²) >= 11 is 0. The molecule has 2 atom stereocenters. The van der Waals surface area contributed by atoms with Crippen LogP contribution in [-0.2, 0) is 14.3 Å². The van der Waals surface area contributed by atoms with Crippen LogP contribution in [0.15, 0.2) is 48.5 Å². The number of carboxylic acids is 1. The maximum atomic E-state index is 13.5. The zero-order chi connectivity index (χ0) is 23.9. The van der Waals surface area contributed by atoms with E-state index in [-0.39, 0.29) is 24.3 Å². The van der Waals surface area contributed by atoms with Crippen molar-refractivity contribution in [3.8, 4) is 11.1 Å². The molecule has 3 aliphatic rings. The highest BCUT2D eigenvalue weighted by Gasteiger charge is 2.52. The second-order valence-electron chi connectivity index (χ2n) is 9.78. The molecule has 0 aromatic heterocycles. The lowest BCUT2D eigenvalue weighted by Crippen LogP contribution is -2.63. The smallest absolute Gasteiger partial charge is 0.408 e. The molecule has 2 aliphatic carbocycles. The molecule has 2 amide bonds. The number of carbonyl (C=O) groups is 3. The lowest BCUT2D eigenvalue weighted by atomic mass is 9.91. The minimum atomic E-state index is -1.17. The van der Waals surface area contributed by atoms with E-state index in [1.54, 1.807) is 6.92 Å². The maximum Gasteiger partial charge on any atom is 0.408 e. The molecule has 1 aliphatic heterocycles. The molecule has 1 saturated carbocycles. The van der Waals surface area contributed by atoms with Gasteiger partial charge in [-0.2, -0.15) is 0 Å². The van der Waals surface area contributed by atoms with Crippen molar-refractivity contribution in [3.05, 3.63) is 59.7 Å². The van der Waals surface area contributed by atoms with Gasteiger partial charge in [-0.1, -0.05) is 48.5 Å². The topological polar surface area (TPSA) is 95.9 Å². The molecule has 2 aromatic rings. The fourth-order valence-electron chi connectivity index (χ4n) is 5.57. The van der Waals surface area contributed by atoms with Crippen LogP contribution in [0.4, 0.5) is 4.79 Å². The summed E-state index contributed by atoms with van der Waals surface area (Å²) in [6.07, 6.45) is 2.97. The van der Waals surface area contributed by atoms with Gasteiger partial charge in [-0.3, -0.25) is 4.79 Å². The van der Waals surface area contributed by atoms with Crippen molar-refractivity contribution in [3.63, 3.8) is 0 Å². The van der Waals surface area contributed by atoms with E-state index in [9.17, 15) is 19.5 Å². The van der Waals surface area contributed by atoms with Crippen molar-refractivity contribution in [2.75, 3.05) is 13.2 Å². The van der Waals surface area contributed by atoms with Crippen molar-refractivity contribution in [1.82, 2.24) is 10.2 Å². The molecule has 0 spiro atoms. The zero-order valence-electron chi connectivity index (χ0n) is 19.3. The number of ether oxygens (including phenoxy) is 1. The van der Waals surface area contributed by atoms with Gasteiger partial charge in [0.15, 0.2) is 0 Å². The monoisotopic (exact) mass is 462 g/mol. The average Bonchev–Trinajstić information content (AvgIpc) is 3.66. The van der Waals surface area contributed by atoms with Gasteiger partial charge in [-0.05, 0) is 67.2 Å². The molecule has 2 fully saturated rings. The second kappa shape index (κ2) is 8.78. The first-order valence-corrected chi connectivity index (χ1v) is 12.1. The molecule has 0 radical (unpaired) electrons. The Labute approximate surface area is 199 Å². The summed E-state index contributed by atoms with van der Waals surface area (Å²) in [7, 11) is 0. The first-order valence-electron chi connectivity index (χ1n) is 12.1. The second-order valence-corrected chi connectivity index (χ2v) is 9.78. The van der Waals surface area contributed by atoms with Gasteiger partial charge in [-0.15, -0.1) is 0 Å². The SMILES string of the molecule is CC(NC(=O)OCC1c2ccccc2-c2ccccc21)(C(=O)N1CCCCC1C(=O)O)C1CC1. The molecular weight excluding hydrogens is 432 g/mol. The van der Waals surface area contributed by atoms with Crippen LogP contribution in [0, 0.1) is 5.92 Å². The molecule has 2 aromatic carbocycles. The third kappa shape index (κ3) is 3.93. The normalized spacial score (nSPS) is 21.2. The Hall–Kier alpha value is -3.35. The van der Waals surface area contributed by atoms with E-state index >= 15 is 0 Å². The van der Waals surface area contributed by atoms with Crippen molar-refractivity contribution in [2.24, 2.45) is 5.92 Å². The summed E-state index contributed by atoms with van der Waals surface area (Å²) in [5, 5.41) is 12.5. The van der Waals surface area contributed by atoms with Crippen LogP contribution in [0.2, 0.25) is 0 Å². The summed E-state index contributed by atoms with van der Waals surface area (Å²) in [6, 6.07) is 15.4. The number of fused-ring (bicyclic) bond motifs is 3. The predicted molar refractivity (Wildman–Crippen MR) is 126 cm³/mol. The lowest BCUT2D eigenvalue weighted by Gasteiger charge is -2.40. The summed E-state index contributed by atoms with van der Waals surface area (Å²) in [5.74, 6) is -1.40. The summed E-state index contributed by atoms with van der Waals surface area (Å²) in [5.41, 5.74) is 3.36. The largest absolute Gasteiger partial charge is 0.480 e. The third-order valence-corrected chi connectivity index (χ3v) is 7.59. The number of hydrogen-bond donors (Lipinski definition) is 2. The third-order valence-electron chi connectivity index (χ3n) is 7.59. The Balaban J connectivity index is 1.30. The number of amides is 2. The van der Waals surface area contributed by atoms with Gasteiger partial charge in [-0.25, -0.2) is 9.59 Å². The molecular formula is C27H30N2O5. The Kier molecular flexibility index (Phi) is 5.80. The fraction of sp³-hybridized carbons (Fsp3) is 0.444. The molecule has 0 bridgehead atoms. The minimum absolute atomic E-state index is 0.0168. The number of carboxylic acid groups (broad SMARTS) is 1. The molecule has 2 N–H and O–H groups in total. The quantitative estimate of drug-likeness (QED) is 0.672. The average molecular weight is 463 g/mol. The number of aliphatic carboxylic acids is 1.